The summed E-state index contributed by atoms with van der Waals surface area (Å²) in [6.45, 7) is 1.10. The van der Waals surface area contributed by atoms with Gasteiger partial charge in [0.2, 0.25) is 0 Å². The highest BCUT2D eigenvalue weighted by atomic mass is 16.5. The van der Waals surface area contributed by atoms with Gasteiger partial charge in [0.25, 0.3) is 0 Å². The zero-order chi connectivity index (χ0) is 8.81. The number of amides is 2. The fourth-order valence-corrected chi connectivity index (χ4v) is 1.45. The maximum atomic E-state index is 10.3. The van der Waals surface area contributed by atoms with Crippen molar-refractivity contribution in [1.29, 1.82) is 0 Å². The zero-order valence-corrected chi connectivity index (χ0v) is 7.21. The van der Waals surface area contributed by atoms with Crippen LogP contribution < -0.4 is 11.1 Å². The Morgan fingerprint density at radius 3 is 2.75 bits per heavy atom. The fourth-order valence-electron chi connectivity index (χ4n) is 1.45. The van der Waals surface area contributed by atoms with Crippen LogP contribution in [0.1, 0.15) is 25.7 Å². The average Bonchev–Trinajstić information content (AvgIpc) is 2.49. The summed E-state index contributed by atoms with van der Waals surface area (Å²) in [7, 11) is 0. The Morgan fingerprint density at radius 1 is 1.50 bits per heavy atom. The largest absolute Gasteiger partial charge is 0.376 e. The molecule has 0 bridgehead atoms. The number of hydrogen-bond donors (Lipinski definition) is 2. The van der Waals surface area contributed by atoms with Crippen LogP contribution in [-0.2, 0) is 4.74 Å². The highest BCUT2D eigenvalue weighted by Crippen LogP contribution is 2.20. The van der Waals surface area contributed by atoms with Crippen molar-refractivity contribution in [3.63, 3.8) is 0 Å². The number of carbonyl (C=O) groups excluding carboxylic acids is 1. The minimum Gasteiger partial charge on any atom is -0.376 e. The van der Waals surface area contributed by atoms with Crippen LogP contribution in [0.5, 0.6) is 0 Å². The minimum absolute atomic E-state index is 0.416. The first-order valence-electron chi connectivity index (χ1n) is 4.44. The first-order chi connectivity index (χ1) is 5.79. The molecule has 0 aromatic carbocycles. The third kappa shape index (κ3) is 3.57. The number of nitrogens with two attached hydrogens (primary N) is 1. The second kappa shape index (κ2) is 4.98. The summed E-state index contributed by atoms with van der Waals surface area (Å²) in [5.74, 6) is 0. The van der Waals surface area contributed by atoms with E-state index >= 15 is 0 Å². The number of rotatable bonds is 4. The molecule has 4 nitrogen and oxygen atoms in total. The highest BCUT2D eigenvalue weighted by Gasteiger charge is 2.14. The highest BCUT2D eigenvalue weighted by molar-refractivity contribution is 5.71. The van der Waals surface area contributed by atoms with E-state index in [2.05, 4.69) is 5.32 Å². The monoisotopic (exact) mass is 172 g/mol. The van der Waals surface area contributed by atoms with Crippen molar-refractivity contribution in [2.24, 2.45) is 5.73 Å². The lowest BCUT2D eigenvalue weighted by Gasteiger charge is -2.10. The van der Waals surface area contributed by atoms with Crippen molar-refractivity contribution in [2.75, 3.05) is 13.2 Å². The van der Waals surface area contributed by atoms with Crippen molar-refractivity contribution in [2.45, 2.75) is 31.8 Å². The van der Waals surface area contributed by atoms with Gasteiger partial charge in [-0.2, -0.15) is 0 Å². The Bertz CT molecular complexity index is 144. The van der Waals surface area contributed by atoms with E-state index in [0.29, 0.717) is 19.3 Å². The predicted molar refractivity (Wildman–Crippen MR) is 45.8 cm³/mol. The van der Waals surface area contributed by atoms with Crippen LogP contribution in [0.25, 0.3) is 0 Å². The van der Waals surface area contributed by atoms with Crippen LogP contribution in [0.3, 0.4) is 0 Å². The molecule has 0 heterocycles. The molecule has 0 unspecified atom stereocenters. The summed E-state index contributed by atoms with van der Waals surface area (Å²) in [5.41, 5.74) is 4.88. The van der Waals surface area contributed by atoms with E-state index in [-0.39, 0.29) is 0 Å². The number of hydrogen-bond acceptors (Lipinski definition) is 2. The van der Waals surface area contributed by atoms with Gasteiger partial charge in [-0.15, -0.1) is 0 Å². The Hall–Kier alpha value is -0.770. The van der Waals surface area contributed by atoms with Gasteiger partial charge in [0, 0.05) is 6.54 Å². The van der Waals surface area contributed by atoms with Crippen molar-refractivity contribution in [3.8, 4) is 0 Å². The second-order valence-electron chi connectivity index (χ2n) is 3.07. The van der Waals surface area contributed by atoms with Crippen LogP contribution in [0.15, 0.2) is 0 Å². The Kier molecular flexibility index (Phi) is 3.87. The first-order valence-corrected chi connectivity index (χ1v) is 4.44. The van der Waals surface area contributed by atoms with Gasteiger partial charge >= 0.3 is 6.03 Å². The SMILES string of the molecule is NC(=O)NCCOC1CCCC1. The number of urea groups is 1. The maximum Gasteiger partial charge on any atom is 0.312 e. The number of primary amides is 1. The van der Waals surface area contributed by atoms with E-state index < -0.39 is 6.03 Å². The van der Waals surface area contributed by atoms with Gasteiger partial charge in [0.05, 0.1) is 12.7 Å². The van der Waals surface area contributed by atoms with E-state index in [1.807, 2.05) is 0 Å². The molecule has 0 aromatic heterocycles. The molecule has 1 fully saturated rings. The Balaban J connectivity index is 1.91. The summed E-state index contributed by atoms with van der Waals surface area (Å²) in [6.07, 6.45) is 5.29. The Morgan fingerprint density at radius 2 is 2.17 bits per heavy atom. The summed E-state index contributed by atoms with van der Waals surface area (Å²) >= 11 is 0. The molecule has 2 amide bonds. The molecule has 1 aliphatic rings. The molecule has 1 saturated carbocycles. The smallest absolute Gasteiger partial charge is 0.312 e. The maximum absolute atomic E-state index is 10.3. The topological polar surface area (TPSA) is 64.4 Å². The fraction of sp³-hybridized carbons (Fsp3) is 0.875. The predicted octanol–water partition coefficient (Wildman–Crippen LogP) is 0.614. The summed E-state index contributed by atoms with van der Waals surface area (Å²) in [5, 5.41) is 2.48. The normalized spacial score (nSPS) is 18.0. The lowest BCUT2D eigenvalue weighted by molar-refractivity contribution is 0.0615. The van der Waals surface area contributed by atoms with E-state index in [1.54, 1.807) is 0 Å². The van der Waals surface area contributed by atoms with Gasteiger partial charge < -0.3 is 15.8 Å². The van der Waals surface area contributed by atoms with Gasteiger partial charge in [-0.05, 0) is 12.8 Å². The molecule has 4 heteroatoms. The molecule has 0 radical (unpaired) electrons. The van der Waals surface area contributed by atoms with Crippen LogP contribution in [0.4, 0.5) is 4.79 Å². The lowest BCUT2D eigenvalue weighted by Crippen LogP contribution is -2.32. The van der Waals surface area contributed by atoms with Gasteiger partial charge in [-0.1, -0.05) is 12.8 Å². The molecule has 1 aliphatic carbocycles. The van der Waals surface area contributed by atoms with Crippen molar-refractivity contribution in [3.05, 3.63) is 0 Å². The average molecular weight is 172 g/mol. The van der Waals surface area contributed by atoms with Crippen LogP contribution >= 0.6 is 0 Å². The van der Waals surface area contributed by atoms with Gasteiger partial charge in [-0.3, -0.25) is 0 Å². The molecule has 0 saturated heterocycles. The Labute approximate surface area is 72.5 Å². The van der Waals surface area contributed by atoms with Gasteiger partial charge in [0.1, 0.15) is 0 Å². The van der Waals surface area contributed by atoms with Crippen molar-refractivity contribution >= 4 is 6.03 Å². The zero-order valence-electron chi connectivity index (χ0n) is 7.21. The van der Waals surface area contributed by atoms with Crippen LogP contribution in [0.2, 0.25) is 0 Å². The van der Waals surface area contributed by atoms with Gasteiger partial charge in [-0.25, -0.2) is 4.79 Å². The summed E-state index contributed by atoms with van der Waals surface area (Å²) < 4.78 is 5.48. The van der Waals surface area contributed by atoms with Crippen molar-refractivity contribution < 1.29 is 9.53 Å². The van der Waals surface area contributed by atoms with Gasteiger partial charge in [0.15, 0.2) is 0 Å². The molecule has 0 aliphatic heterocycles. The minimum atomic E-state index is -0.481. The third-order valence-electron chi connectivity index (χ3n) is 2.06. The number of carbonyl (C=O) groups is 1. The van der Waals surface area contributed by atoms with E-state index in [9.17, 15) is 4.79 Å². The first kappa shape index (κ1) is 9.32. The molecule has 70 valence electrons. The van der Waals surface area contributed by atoms with E-state index in [1.165, 1.54) is 12.8 Å². The third-order valence-corrected chi connectivity index (χ3v) is 2.06. The molecule has 0 atom stereocenters. The second-order valence-corrected chi connectivity index (χ2v) is 3.07. The molecule has 12 heavy (non-hydrogen) atoms. The number of nitrogens with one attached hydrogen (secondary N) is 1. The van der Waals surface area contributed by atoms with Crippen LogP contribution in [-0.4, -0.2) is 25.3 Å². The van der Waals surface area contributed by atoms with E-state index in [4.69, 9.17) is 10.5 Å². The molecular formula is C8H16N2O2. The molecule has 1 rings (SSSR count). The molecular weight excluding hydrogens is 156 g/mol. The lowest BCUT2D eigenvalue weighted by atomic mass is 10.3. The molecule has 0 spiro atoms. The summed E-state index contributed by atoms with van der Waals surface area (Å²) in [6, 6.07) is -0.481. The van der Waals surface area contributed by atoms with E-state index in [0.717, 1.165) is 12.8 Å². The number of ether oxygens (including phenoxy) is 1. The standard InChI is InChI=1S/C8H16N2O2/c9-8(11)10-5-6-12-7-3-1-2-4-7/h7H,1-6H2,(H3,9,10,11). The van der Waals surface area contributed by atoms with Crippen LogP contribution in [0, 0.1) is 0 Å². The molecule has 3 N–H and O–H groups in total. The van der Waals surface area contributed by atoms with Crippen molar-refractivity contribution in [1.82, 2.24) is 5.32 Å². The quantitative estimate of drug-likeness (QED) is 0.610. The molecule has 0 aromatic rings. The summed E-state index contributed by atoms with van der Waals surface area (Å²) in [4.78, 5) is 10.3.